The number of Topliss-reactive ketones (excluding diaryl/α,β-unsaturated/α-hetero) is 1. The summed E-state index contributed by atoms with van der Waals surface area (Å²) in [5, 5.41) is 7.50. The molecule has 2 aliphatic rings. The van der Waals surface area contributed by atoms with E-state index in [1.807, 2.05) is 0 Å². The highest BCUT2D eigenvalue weighted by atomic mass is 32.1. The number of hydrogen-bond acceptors (Lipinski definition) is 3. The smallest absolute Gasteiger partial charge is 0.189 e. The summed E-state index contributed by atoms with van der Waals surface area (Å²) in [5.41, 5.74) is 1.55. The zero-order valence-corrected chi connectivity index (χ0v) is 17.2. The van der Waals surface area contributed by atoms with Crippen LogP contribution in [0.4, 0.5) is 0 Å². The van der Waals surface area contributed by atoms with Crippen LogP contribution < -0.4 is 10.6 Å². The van der Waals surface area contributed by atoms with E-state index in [-0.39, 0.29) is 11.6 Å². The molecule has 5 heteroatoms. The van der Waals surface area contributed by atoms with E-state index in [1.165, 1.54) is 51.0 Å². The number of carbonyl (C=O) groups excluding carboxylic acids is 2. The van der Waals surface area contributed by atoms with Crippen molar-refractivity contribution in [2.24, 2.45) is 0 Å². The van der Waals surface area contributed by atoms with Gasteiger partial charge in [-0.3, -0.25) is 9.59 Å². The van der Waals surface area contributed by atoms with E-state index in [9.17, 15) is 9.59 Å². The average Bonchev–Trinajstić information content (AvgIpc) is 2.68. The summed E-state index contributed by atoms with van der Waals surface area (Å²) in [7, 11) is 0. The molecule has 0 aromatic heterocycles. The molecule has 4 nitrogen and oxygen atoms in total. The fourth-order valence-corrected chi connectivity index (χ4v) is 3.58. The molecule has 0 heterocycles. The summed E-state index contributed by atoms with van der Waals surface area (Å²) in [6.07, 6.45) is 10.5. The zero-order valence-electron chi connectivity index (χ0n) is 16.3. The molecule has 27 heavy (non-hydrogen) atoms. The Morgan fingerprint density at radius 1 is 1.11 bits per heavy atom. The van der Waals surface area contributed by atoms with Crippen LogP contribution in [0, 0.1) is 0 Å². The molecular weight excluding hydrogens is 356 g/mol. The highest BCUT2D eigenvalue weighted by Gasteiger charge is 2.21. The van der Waals surface area contributed by atoms with Crippen LogP contribution in [0.5, 0.6) is 0 Å². The number of benzene rings is 1. The highest BCUT2D eigenvalue weighted by Crippen LogP contribution is 2.20. The standard InChI is InChI=1S/C11H22N2S.C11H8O2/c1-2-3-9-12-11(14)13-10-7-5-4-6-8-10;1-7-6-10(12)8-4-2-3-5-9(8)11(7)13/h10H,2-9H2,1H3,(H2,12,13,14);2-6H,1H3. The summed E-state index contributed by atoms with van der Waals surface area (Å²) in [5.74, 6) is -0.122. The summed E-state index contributed by atoms with van der Waals surface area (Å²) >= 11 is 5.23. The topological polar surface area (TPSA) is 58.2 Å². The monoisotopic (exact) mass is 386 g/mol. The first-order valence-corrected chi connectivity index (χ1v) is 10.3. The SMILES string of the molecule is CC1=CC(=O)c2ccccc2C1=O.CCCCNC(=S)NC1CCCCC1. The third-order valence-corrected chi connectivity index (χ3v) is 5.16. The number of hydrogen-bond donors (Lipinski definition) is 2. The lowest BCUT2D eigenvalue weighted by Crippen LogP contribution is -2.42. The molecule has 0 amide bonds. The molecule has 3 rings (SSSR count). The van der Waals surface area contributed by atoms with Crippen molar-refractivity contribution in [3.05, 3.63) is 47.0 Å². The Morgan fingerprint density at radius 3 is 2.44 bits per heavy atom. The number of carbonyl (C=O) groups is 2. The molecule has 1 fully saturated rings. The number of nitrogens with one attached hydrogen (secondary N) is 2. The van der Waals surface area contributed by atoms with Gasteiger partial charge in [-0.05, 0) is 44.5 Å². The van der Waals surface area contributed by atoms with Gasteiger partial charge in [-0.2, -0.15) is 0 Å². The summed E-state index contributed by atoms with van der Waals surface area (Å²) in [6, 6.07) is 7.52. The molecular formula is C22H30N2O2S. The van der Waals surface area contributed by atoms with Crippen molar-refractivity contribution < 1.29 is 9.59 Å². The predicted octanol–water partition coefficient (Wildman–Crippen LogP) is 4.60. The van der Waals surface area contributed by atoms with Crippen LogP contribution in [0.2, 0.25) is 0 Å². The summed E-state index contributed by atoms with van der Waals surface area (Å²) in [6.45, 7) is 4.87. The second kappa shape index (κ2) is 11.0. The predicted molar refractivity (Wildman–Crippen MR) is 114 cm³/mol. The van der Waals surface area contributed by atoms with Crippen LogP contribution in [0.3, 0.4) is 0 Å². The van der Waals surface area contributed by atoms with Crippen molar-refractivity contribution in [1.29, 1.82) is 0 Å². The van der Waals surface area contributed by atoms with Crippen molar-refractivity contribution in [3.63, 3.8) is 0 Å². The number of unbranched alkanes of at least 4 members (excludes halogenated alkanes) is 1. The molecule has 0 unspecified atom stereocenters. The van der Waals surface area contributed by atoms with Gasteiger partial charge in [-0.25, -0.2) is 0 Å². The Hall–Kier alpha value is -2.01. The number of rotatable bonds is 4. The lowest BCUT2D eigenvalue weighted by Gasteiger charge is -2.24. The first-order chi connectivity index (χ1) is 13.0. The number of ketones is 2. The fourth-order valence-electron chi connectivity index (χ4n) is 3.31. The quantitative estimate of drug-likeness (QED) is 0.585. The van der Waals surface area contributed by atoms with Gasteiger partial charge in [0, 0.05) is 29.3 Å². The first kappa shape index (κ1) is 21.3. The van der Waals surface area contributed by atoms with E-state index in [4.69, 9.17) is 12.2 Å². The number of allylic oxidation sites excluding steroid dienone is 2. The normalized spacial score (nSPS) is 16.6. The van der Waals surface area contributed by atoms with Gasteiger partial charge in [0.15, 0.2) is 16.7 Å². The van der Waals surface area contributed by atoms with Crippen LogP contribution in [0.25, 0.3) is 0 Å². The van der Waals surface area contributed by atoms with Gasteiger partial charge in [0.1, 0.15) is 0 Å². The maximum Gasteiger partial charge on any atom is 0.189 e. The van der Waals surface area contributed by atoms with Crippen LogP contribution in [-0.2, 0) is 0 Å². The van der Waals surface area contributed by atoms with Gasteiger partial charge < -0.3 is 10.6 Å². The molecule has 0 aliphatic heterocycles. The lowest BCUT2D eigenvalue weighted by atomic mass is 9.90. The number of fused-ring (bicyclic) bond motifs is 1. The van der Waals surface area contributed by atoms with E-state index in [1.54, 1.807) is 31.2 Å². The molecule has 0 atom stereocenters. The van der Waals surface area contributed by atoms with E-state index in [0.29, 0.717) is 22.7 Å². The molecule has 0 spiro atoms. The second-order valence-electron chi connectivity index (χ2n) is 7.16. The number of thiocarbonyl (C=S) groups is 1. The molecule has 1 aromatic carbocycles. The van der Waals surface area contributed by atoms with E-state index in [2.05, 4.69) is 17.6 Å². The molecule has 2 N–H and O–H groups in total. The van der Waals surface area contributed by atoms with Crippen molar-refractivity contribution in [1.82, 2.24) is 10.6 Å². The molecule has 0 bridgehead atoms. The van der Waals surface area contributed by atoms with Gasteiger partial charge in [0.05, 0.1) is 0 Å². The molecule has 2 aliphatic carbocycles. The molecule has 0 radical (unpaired) electrons. The van der Waals surface area contributed by atoms with Crippen molar-refractivity contribution in [2.75, 3.05) is 6.54 Å². The van der Waals surface area contributed by atoms with E-state index in [0.717, 1.165) is 11.7 Å². The van der Waals surface area contributed by atoms with Gasteiger partial charge in [0.2, 0.25) is 0 Å². The van der Waals surface area contributed by atoms with Gasteiger partial charge >= 0.3 is 0 Å². The Morgan fingerprint density at radius 2 is 1.78 bits per heavy atom. The average molecular weight is 387 g/mol. The Balaban J connectivity index is 0.000000194. The van der Waals surface area contributed by atoms with E-state index >= 15 is 0 Å². The maximum atomic E-state index is 11.5. The third-order valence-electron chi connectivity index (χ3n) is 4.90. The third kappa shape index (κ3) is 6.58. The van der Waals surface area contributed by atoms with Crippen molar-refractivity contribution in [2.45, 2.75) is 64.8 Å². The lowest BCUT2D eigenvalue weighted by molar-refractivity contribution is 0.0984. The molecule has 1 aromatic rings. The van der Waals surface area contributed by atoms with Gasteiger partial charge in [-0.1, -0.05) is 56.9 Å². The summed E-state index contributed by atoms with van der Waals surface area (Å²) < 4.78 is 0. The van der Waals surface area contributed by atoms with Crippen LogP contribution in [0.1, 0.15) is 79.5 Å². The van der Waals surface area contributed by atoms with Gasteiger partial charge in [0.25, 0.3) is 0 Å². The van der Waals surface area contributed by atoms with Gasteiger partial charge in [-0.15, -0.1) is 0 Å². The van der Waals surface area contributed by atoms with E-state index < -0.39 is 0 Å². The minimum absolute atomic E-state index is 0.0461. The molecule has 1 saturated carbocycles. The maximum absolute atomic E-state index is 11.5. The van der Waals surface area contributed by atoms with Crippen LogP contribution >= 0.6 is 12.2 Å². The highest BCUT2D eigenvalue weighted by molar-refractivity contribution is 7.80. The Labute approximate surface area is 167 Å². The minimum Gasteiger partial charge on any atom is -0.363 e. The fraction of sp³-hybridized carbons (Fsp3) is 0.500. The van der Waals surface area contributed by atoms with Crippen LogP contribution in [0.15, 0.2) is 35.9 Å². The van der Waals surface area contributed by atoms with Crippen molar-refractivity contribution >= 4 is 28.9 Å². The molecule has 0 saturated heterocycles. The molecule has 146 valence electrons. The zero-order chi connectivity index (χ0) is 19.6. The summed E-state index contributed by atoms with van der Waals surface area (Å²) in [4.78, 5) is 23.0. The van der Waals surface area contributed by atoms with Crippen LogP contribution in [-0.4, -0.2) is 29.3 Å². The second-order valence-corrected chi connectivity index (χ2v) is 7.56. The Bertz CT molecular complexity index is 706. The Kier molecular flexibility index (Phi) is 8.65. The largest absolute Gasteiger partial charge is 0.363 e. The minimum atomic E-state index is -0.0762. The first-order valence-electron chi connectivity index (χ1n) is 9.93. The van der Waals surface area contributed by atoms with Crippen molar-refractivity contribution in [3.8, 4) is 0 Å².